The van der Waals surface area contributed by atoms with E-state index in [0.29, 0.717) is 24.2 Å². The number of hydrogen-bond acceptors (Lipinski definition) is 3. The van der Waals surface area contributed by atoms with Crippen LogP contribution in [0.4, 0.5) is 11.4 Å². The predicted octanol–water partition coefficient (Wildman–Crippen LogP) is 3.56. The number of nitrogens with zero attached hydrogens (tertiary/aromatic N) is 1. The summed E-state index contributed by atoms with van der Waals surface area (Å²) in [6.07, 6.45) is 1.86. The summed E-state index contributed by atoms with van der Waals surface area (Å²) in [5.41, 5.74) is 4.35. The number of amides is 1. The fourth-order valence-electron chi connectivity index (χ4n) is 2.38. The number of nitrogens with one attached hydrogen (secondary N) is 1. The molecule has 0 aliphatic heterocycles. The summed E-state index contributed by atoms with van der Waals surface area (Å²) in [7, 11) is 0. The van der Waals surface area contributed by atoms with Crippen LogP contribution < -0.4 is 10.4 Å². The van der Waals surface area contributed by atoms with E-state index in [1.807, 2.05) is 55.5 Å². The van der Waals surface area contributed by atoms with Gasteiger partial charge in [0.15, 0.2) is 0 Å². The Morgan fingerprint density at radius 1 is 1.04 bits per heavy atom. The van der Waals surface area contributed by atoms with Crippen LogP contribution in [0.5, 0.6) is 0 Å². The number of unbranched alkanes of at least 4 members (excludes halogenated alkanes) is 1. The van der Waals surface area contributed by atoms with Gasteiger partial charge in [0.05, 0.1) is 11.4 Å². The van der Waals surface area contributed by atoms with Crippen molar-refractivity contribution >= 4 is 61.0 Å². The zero-order valence-electron chi connectivity index (χ0n) is 14.4. The fourth-order valence-corrected chi connectivity index (χ4v) is 2.38. The SMILES string of the molecule is CCCCC(C(=O)O)C(=O)N(Nc1ccccc1)c1ccccc1.[Ca]. The first-order valence-electron chi connectivity index (χ1n) is 8.07. The molecule has 1 amide bonds. The number of para-hydroxylation sites is 2. The molecule has 6 heteroatoms. The molecule has 0 aliphatic carbocycles. The molecule has 2 rings (SSSR count). The monoisotopic (exact) mass is 366 g/mol. The quantitative estimate of drug-likeness (QED) is 0.426. The molecule has 0 saturated heterocycles. The first kappa shape index (κ1) is 21.5. The molecule has 0 aromatic heterocycles. The van der Waals surface area contributed by atoms with Crippen molar-refractivity contribution in [3.05, 3.63) is 60.7 Å². The maximum Gasteiger partial charge on any atom is 0.316 e. The van der Waals surface area contributed by atoms with Crippen LogP contribution in [-0.4, -0.2) is 54.7 Å². The van der Waals surface area contributed by atoms with E-state index in [1.54, 1.807) is 12.1 Å². The molecule has 1 atom stereocenters. The molecule has 0 bridgehead atoms. The molecule has 0 aliphatic rings. The minimum atomic E-state index is -1.09. The maximum atomic E-state index is 12.9. The minimum Gasteiger partial charge on any atom is -0.481 e. The van der Waals surface area contributed by atoms with E-state index >= 15 is 0 Å². The van der Waals surface area contributed by atoms with Crippen molar-refractivity contribution in [3.8, 4) is 0 Å². The normalized spacial score (nSPS) is 11.1. The van der Waals surface area contributed by atoms with Gasteiger partial charge in [-0.3, -0.25) is 15.0 Å². The predicted molar refractivity (Wildman–Crippen MR) is 100 cm³/mol. The summed E-state index contributed by atoms with van der Waals surface area (Å²) in [5, 5.41) is 10.8. The minimum absolute atomic E-state index is 0. The number of hydrazine groups is 1. The van der Waals surface area contributed by atoms with E-state index in [-0.39, 0.29) is 37.7 Å². The molecule has 0 spiro atoms. The summed E-state index contributed by atoms with van der Waals surface area (Å²) in [6.45, 7) is 1.97. The smallest absolute Gasteiger partial charge is 0.316 e. The van der Waals surface area contributed by atoms with E-state index in [1.165, 1.54) is 5.01 Å². The summed E-state index contributed by atoms with van der Waals surface area (Å²) in [4.78, 5) is 24.4. The van der Waals surface area contributed by atoms with E-state index < -0.39 is 17.8 Å². The van der Waals surface area contributed by atoms with Gasteiger partial charge in [-0.25, -0.2) is 5.01 Å². The number of aliphatic carboxylic acids is 1. The van der Waals surface area contributed by atoms with Gasteiger partial charge in [-0.05, 0) is 30.7 Å². The Morgan fingerprint density at radius 3 is 2.12 bits per heavy atom. The van der Waals surface area contributed by atoms with Crippen molar-refractivity contribution in [1.82, 2.24) is 0 Å². The van der Waals surface area contributed by atoms with Gasteiger partial charge in [-0.15, -0.1) is 0 Å². The number of rotatable bonds is 8. The molecule has 0 saturated carbocycles. The number of carboxylic acids is 1. The Morgan fingerprint density at radius 2 is 1.60 bits per heavy atom. The molecule has 2 radical (unpaired) electrons. The molecule has 0 heterocycles. The van der Waals surface area contributed by atoms with E-state index in [2.05, 4.69) is 5.43 Å². The Kier molecular flexibility index (Phi) is 9.57. The van der Waals surface area contributed by atoms with Gasteiger partial charge in [0, 0.05) is 37.7 Å². The standard InChI is InChI=1S/C19H22N2O3.Ca/c1-2-3-14-17(19(23)24)18(22)21(16-12-8-5-9-13-16)20-15-10-6-4-7-11-15;/h4-13,17,20H,2-3,14H2,1H3,(H,23,24);. The largest absolute Gasteiger partial charge is 0.481 e. The van der Waals surface area contributed by atoms with E-state index in [9.17, 15) is 14.7 Å². The maximum absolute atomic E-state index is 12.9. The summed E-state index contributed by atoms with van der Waals surface area (Å²) >= 11 is 0. The number of benzene rings is 2. The number of carboxylic acid groups (broad SMARTS) is 1. The number of hydrogen-bond donors (Lipinski definition) is 2. The van der Waals surface area contributed by atoms with Crippen LogP contribution in [0.3, 0.4) is 0 Å². The zero-order valence-corrected chi connectivity index (χ0v) is 16.6. The zero-order chi connectivity index (χ0) is 17.4. The Hall–Kier alpha value is -1.56. The van der Waals surface area contributed by atoms with Crippen LogP contribution in [0.1, 0.15) is 26.2 Å². The van der Waals surface area contributed by atoms with Crippen molar-refractivity contribution < 1.29 is 14.7 Å². The van der Waals surface area contributed by atoms with Crippen LogP contribution in [0, 0.1) is 5.92 Å². The number of carbonyl (C=O) groups is 2. The van der Waals surface area contributed by atoms with Crippen LogP contribution in [0.2, 0.25) is 0 Å². The molecular formula is C19H22CaN2O3. The second-order valence-electron chi connectivity index (χ2n) is 5.52. The summed E-state index contributed by atoms with van der Waals surface area (Å²) in [5.74, 6) is -2.63. The third kappa shape index (κ3) is 6.34. The van der Waals surface area contributed by atoms with Crippen molar-refractivity contribution in [2.75, 3.05) is 10.4 Å². The van der Waals surface area contributed by atoms with E-state index in [4.69, 9.17) is 0 Å². The van der Waals surface area contributed by atoms with Gasteiger partial charge in [-0.1, -0.05) is 56.2 Å². The van der Waals surface area contributed by atoms with Gasteiger partial charge in [-0.2, -0.15) is 0 Å². The molecule has 5 nitrogen and oxygen atoms in total. The summed E-state index contributed by atoms with van der Waals surface area (Å²) < 4.78 is 0. The number of carbonyl (C=O) groups excluding carboxylic acids is 1. The van der Waals surface area contributed by atoms with E-state index in [0.717, 1.165) is 6.42 Å². The molecule has 2 aromatic carbocycles. The average molecular weight is 366 g/mol. The van der Waals surface area contributed by atoms with Crippen LogP contribution in [0.15, 0.2) is 60.7 Å². The topological polar surface area (TPSA) is 69.6 Å². The van der Waals surface area contributed by atoms with Gasteiger partial charge >= 0.3 is 5.97 Å². The second kappa shape index (κ2) is 11.1. The first-order chi connectivity index (χ1) is 11.6. The van der Waals surface area contributed by atoms with Crippen LogP contribution >= 0.6 is 0 Å². The molecule has 25 heavy (non-hydrogen) atoms. The van der Waals surface area contributed by atoms with Gasteiger partial charge < -0.3 is 5.11 Å². The van der Waals surface area contributed by atoms with Gasteiger partial charge in [0.25, 0.3) is 5.91 Å². The Bertz CT molecular complexity index is 665. The van der Waals surface area contributed by atoms with Gasteiger partial charge in [0.1, 0.15) is 5.92 Å². The molecule has 0 fully saturated rings. The third-order valence-corrected chi connectivity index (χ3v) is 3.69. The molecular weight excluding hydrogens is 344 g/mol. The Balaban J connectivity index is 0.00000312. The number of anilines is 2. The van der Waals surface area contributed by atoms with Crippen LogP contribution in [-0.2, 0) is 9.59 Å². The average Bonchev–Trinajstić information content (AvgIpc) is 2.61. The first-order valence-corrected chi connectivity index (χ1v) is 8.07. The molecule has 1 unspecified atom stereocenters. The van der Waals surface area contributed by atoms with Crippen molar-refractivity contribution in [3.63, 3.8) is 0 Å². The fraction of sp³-hybridized carbons (Fsp3) is 0.263. The molecule has 2 N–H and O–H groups in total. The van der Waals surface area contributed by atoms with Crippen molar-refractivity contribution in [2.24, 2.45) is 5.92 Å². The summed E-state index contributed by atoms with van der Waals surface area (Å²) in [6, 6.07) is 18.2. The van der Waals surface area contributed by atoms with Crippen molar-refractivity contribution in [2.45, 2.75) is 26.2 Å². The Labute approximate surface area is 178 Å². The second-order valence-corrected chi connectivity index (χ2v) is 5.52. The third-order valence-electron chi connectivity index (χ3n) is 3.69. The van der Waals surface area contributed by atoms with Crippen molar-refractivity contribution in [1.29, 1.82) is 0 Å². The molecule has 2 aromatic rings. The van der Waals surface area contributed by atoms with Crippen LogP contribution in [0.25, 0.3) is 0 Å². The van der Waals surface area contributed by atoms with Gasteiger partial charge in [0.2, 0.25) is 0 Å². The molecule has 128 valence electrons.